The molecule has 0 aliphatic carbocycles. The van der Waals surface area contributed by atoms with Crippen LogP contribution in [0.4, 0.5) is 4.39 Å². The van der Waals surface area contributed by atoms with Crippen LogP contribution in [0, 0.1) is 11.7 Å². The summed E-state index contributed by atoms with van der Waals surface area (Å²) in [5.41, 5.74) is 0.975. The molecule has 0 aromatic carbocycles. The normalized spacial score (nSPS) is 21.7. The van der Waals surface area contributed by atoms with Gasteiger partial charge in [0.15, 0.2) is 0 Å². The van der Waals surface area contributed by atoms with E-state index in [2.05, 4.69) is 10.1 Å². The van der Waals surface area contributed by atoms with Crippen LogP contribution in [0.2, 0.25) is 0 Å². The molecule has 0 bridgehead atoms. The number of rotatable bonds is 2. The first-order valence-electron chi connectivity index (χ1n) is 6.26. The van der Waals surface area contributed by atoms with Gasteiger partial charge in [-0.3, -0.25) is 9.78 Å². The molecule has 1 aromatic rings. The summed E-state index contributed by atoms with van der Waals surface area (Å²) in [6.07, 6.45) is 3.77. The summed E-state index contributed by atoms with van der Waals surface area (Å²) < 4.78 is 13.1. The minimum Gasteiger partial charge on any atom is -0.411 e. The van der Waals surface area contributed by atoms with Crippen LogP contribution in [0.15, 0.2) is 23.6 Å². The second-order valence-electron chi connectivity index (χ2n) is 4.59. The zero-order valence-electron chi connectivity index (χ0n) is 10.7. The van der Waals surface area contributed by atoms with E-state index < -0.39 is 5.82 Å². The third-order valence-corrected chi connectivity index (χ3v) is 3.41. The fourth-order valence-electron chi connectivity index (χ4n) is 2.31. The highest BCUT2D eigenvalue weighted by Crippen LogP contribution is 2.19. The van der Waals surface area contributed by atoms with Crippen LogP contribution in [-0.4, -0.2) is 39.8 Å². The Morgan fingerprint density at radius 3 is 3.05 bits per heavy atom. The molecule has 1 unspecified atom stereocenters. The molecule has 5 nitrogen and oxygen atoms in total. The molecular formula is C13H16FN3O2. The number of pyridine rings is 1. The van der Waals surface area contributed by atoms with Crippen molar-refractivity contribution in [1.29, 1.82) is 0 Å². The van der Waals surface area contributed by atoms with Gasteiger partial charge in [0.25, 0.3) is 5.91 Å². The fraction of sp³-hybridized carbons (Fsp3) is 0.462. The predicted molar refractivity (Wildman–Crippen MR) is 67.7 cm³/mol. The molecule has 19 heavy (non-hydrogen) atoms. The van der Waals surface area contributed by atoms with Crippen LogP contribution in [0.5, 0.6) is 0 Å². The summed E-state index contributed by atoms with van der Waals surface area (Å²) in [7, 11) is 0. The van der Waals surface area contributed by atoms with E-state index in [9.17, 15) is 9.18 Å². The molecule has 2 heterocycles. The number of carbonyl (C=O) groups excluding carboxylic acids is 1. The van der Waals surface area contributed by atoms with Crippen molar-refractivity contribution >= 4 is 11.6 Å². The number of piperidine rings is 1. The van der Waals surface area contributed by atoms with E-state index in [0.717, 1.165) is 18.3 Å². The van der Waals surface area contributed by atoms with Crippen molar-refractivity contribution in [2.24, 2.45) is 11.1 Å². The third kappa shape index (κ3) is 2.89. The van der Waals surface area contributed by atoms with Gasteiger partial charge in [-0.15, -0.1) is 0 Å². The fourth-order valence-corrected chi connectivity index (χ4v) is 2.31. The number of amides is 1. The van der Waals surface area contributed by atoms with Gasteiger partial charge < -0.3 is 10.1 Å². The monoisotopic (exact) mass is 265 g/mol. The van der Waals surface area contributed by atoms with Gasteiger partial charge in [-0.2, -0.15) is 0 Å². The number of hydrogen-bond donors (Lipinski definition) is 1. The summed E-state index contributed by atoms with van der Waals surface area (Å²) in [6, 6.07) is 1.19. The van der Waals surface area contributed by atoms with Crippen molar-refractivity contribution in [3.05, 3.63) is 29.8 Å². The van der Waals surface area contributed by atoms with E-state index in [1.807, 2.05) is 6.92 Å². The topological polar surface area (TPSA) is 65.8 Å². The highest BCUT2D eigenvalue weighted by atomic mass is 19.1. The van der Waals surface area contributed by atoms with E-state index >= 15 is 0 Å². The van der Waals surface area contributed by atoms with Crippen molar-refractivity contribution in [1.82, 2.24) is 9.88 Å². The lowest BCUT2D eigenvalue weighted by Gasteiger charge is -2.32. The quantitative estimate of drug-likeness (QED) is 0.656. The van der Waals surface area contributed by atoms with Crippen molar-refractivity contribution < 1.29 is 14.4 Å². The minimum atomic E-state index is -0.521. The molecule has 1 atom stereocenters. The van der Waals surface area contributed by atoms with E-state index in [1.54, 1.807) is 4.90 Å². The van der Waals surface area contributed by atoms with E-state index in [4.69, 9.17) is 5.21 Å². The van der Waals surface area contributed by atoms with Crippen LogP contribution in [0.3, 0.4) is 0 Å². The van der Waals surface area contributed by atoms with Crippen LogP contribution in [-0.2, 0) is 0 Å². The van der Waals surface area contributed by atoms with Gasteiger partial charge in [0.2, 0.25) is 0 Å². The average Bonchev–Trinajstić information content (AvgIpc) is 2.45. The molecule has 0 radical (unpaired) electrons. The van der Waals surface area contributed by atoms with Gasteiger partial charge >= 0.3 is 0 Å². The smallest absolute Gasteiger partial charge is 0.255 e. The van der Waals surface area contributed by atoms with Crippen LogP contribution >= 0.6 is 0 Å². The molecule has 1 aliphatic heterocycles. The van der Waals surface area contributed by atoms with Crippen molar-refractivity contribution in [2.45, 2.75) is 19.8 Å². The lowest BCUT2D eigenvalue weighted by atomic mass is 9.93. The first-order valence-corrected chi connectivity index (χ1v) is 6.26. The summed E-state index contributed by atoms with van der Waals surface area (Å²) in [4.78, 5) is 17.6. The minimum absolute atomic E-state index is 0.0595. The number of halogens is 1. The Morgan fingerprint density at radius 2 is 2.42 bits per heavy atom. The van der Waals surface area contributed by atoms with Gasteiger partial charge in [-0.25, -0.2) is 4.39 Å². The summed E-state index contributed by atoms with van der Waals surface area (Å²) in [5, 5.41) is 12.2. The zero-order valence-corrected chi connectivity index (χ0v) is 10.7. The number of hydrogen-bond acceptors (Lipinski definition) is 4. The molecule has 2 rings (SSSR count). The second-order valence-corrected chi connectivity index (χ2v) is 4.59. The van der Waals surface area contributed by atoms with E-state index in [1.165, 1.54) is 12.3 Å². The maximum absolute atomic E-state index is 13.1. The molecule has 1 fully saturated rings. The molecule has 102 valence electrons. The molecule has 0 spiro atoms. The Hall–Kier alpha value is -1.98. The van der Waals surface area contributed by atoms with Gasteiger partial charge in [0, 0.05) is 31.6 Å². The lowest BCUT2D eigenvalue weighted by molar-refractivity contribution is 0.0728. The zero-order chi connectivity index (χ0) is 13.8. The molecule has 1 aromatic heterocycles. The maximum atomic E-state index is 13.1. The Balaban J connectivity index is 2.13. The van der Waals surface area contributed by atoms with E-state index in [-0.39, 0.29) is 17.4 Å². The largest absolute Gasteiger partial charge is 0.411 e. The van der Waals surface area contributed by atoms with Gasteiger partial charge in [-0.1, -0.05) is 12.1 Å². The highest BCUT2D eigenvalue weighted by molar-refractivity contribution is 5.96. The number of carbonyl (C=O) groups is 1. The first-order chi connectivity index (χ1) is 9.15. The molecule has 0 saturated carbocycles. The van der Waals surface area contributed by atoms with Crippen molar-refractivity contribution in [3.63, 3.8) is 0 Å². The summed E-state index contributed by atoms with van der Waals surface area (Å²) in [5.74, 6) is -0.695. The number of oxime groups is 1. The SMILES string of the molecule is CCC1CN(C(=O)c2cncc(F)c2)CC/C1=N\O. The molecule has 1 aliphatic rings. The molecule has 1 amide bonds. The van der Waals surface area contributed by atoms with Crippen LogP contribution in [0.25, 0.3) is 0 Å². The van der Waals surface area contributed by atoms with Crippen LogP contribution < -0.4 is 0 Å². The average molecular weight is 265 g/mol. The summed E-state index contributed by atoms with van der Waals surface area (Å²) >= 11 is 0. The molecule has 1 saturated heterocycles. The number of nitrogens with zero attached hydrogens (tertiary/aromatic N) is 3. The Kier molecular flexibility index (Phi) is 4.09. The Bertz CT molecular complexity index is 504. The standard InChI is InChI=1S/C13H16FN3O2/c1-2-9-8-17(4-3-12(9)16-19)13(18)10-5-11(14)7-15-6-10/h5-7,9,19H,2-4,8H2,1H3/b16-12+. The van der Waals surface area contributed by atoms with E-state index in [0.29, 0.717) is 19.5 Å². The number of likely N-dealkylation sites (tertiary alicyclic amines) is 1. The van der Waals surface area contributed by atoms with Gasteiger partial charge in [-0.05, 0) is 12.5 Å². The van der Waals surface area contributed by atoms with Crippen LogP contribution in [0.1, 0.15) is 30.1 Å². The third-order valence-electron chi connectivity index (χ3n) is 3.41. The Labute approximate surface area is 110 Å². The van der Waals surface area contributed by atoms with Gasteiger partial charge in [0.05, 0.1) is 17.5 Å². The lowest BCUT2D eigenvalue weighted by Crippen LogP contribution is -2.44. The van der Waals surface area contributed by atoms with Gasteiger partial charge in [0.1, 0.15) is 5.82 Å². The first kappa shape index (κ1) is 13.5. The Morgan fingerprint density at radius 1 is 1.63 bits per heavy atom. The second kappa shape index (κ2) is 5.77. The van der Waals surface area contributed by atoms with Crippen molar-refractivity contribution in [2.75, 3.05) is 13.1 Å². The predicted octanol–water partition coefficient (Wildman–Crippen LogP) is 1.92. The molecule has 1 N–H and O–H groups in total. The molecular weight excluding hydrogens is 249 g/mol. The maximum Gasteiger partial charge on any atom is 0.255 e. The summed E-state index contributed by atoms with van der Waals surface area (Å²) in [6.45, 7) is 2.95. The highest BCUT2D eigenvalue weighted by Gasteiger charge is 2.28. The van der Waals surface area contributed by atoms with Crippen molar-refractivity contribution in [3.8, 4) is 0 Å². The molecule has 6 heteroatoms. The number of aromatic nitrogens is 1.